The van der Waals surface area contributed by atoms with Gasteiger partial charge >= 0.3 is 0 Å². The zero-order chi connectivity index (χ0) is 13.2. The predicted octanol–water partition coefficient (Wildman–Crippen LogP) is 4.19. The molecule has 0 bridgehead atoms. The molecule has 4 heteroatoms. The summed E-state index contributed by atoms with van der Waals surface area (Å²) in [5.74, 6) is 0. The molecule has 2 aromatic rings. The van der Waals surface area contributed by atoms with Crippen LogP contribution in [-0.2, 0) is 6.54 Å². The van der Waals surface area contributed by atoms with Crippen molar-refractivity contribution in [1.29, 1.82) is 5.26 Å². The molecule has 0 saturated carbocycles. The SMILES string of the molecule is CC(C)(C#N)CNCc1sc2ccccc2c1Cl. The molecule has 0 fully saturated rings. The van der Waals surface area contributed by atoms with Crippen LogP contribution in [0.4, 0.5) is 0 Å². The number of nitrogens with one attached hydrogen (secondary N) is 1. The second kappa shape index (κ2) is 5.27. The van der Waals surface area contributed by atoms with E-state index < -0.39 is 0 Å². The fourth-order valence-corrected chi connectivity index (χ4v) is 3.18. The monoisotopic (exact) mass is 278 g/mol. The molecular weight excluding hydrogens is 264 g/mol. The lowest BCUT2D eigenvalue weighted by atomic mass is 9.96. The highest BCUT2D eigenvalue weighted by Crippen LogP contribution is 2.35. The lowest BCUT2D eigenvalue weighted by Crippen LogP contribution is -2.27. The minimum absolute atomic E-state index is 0.344. The fraction of sp³-hybridized carbons (Fsp3) is 0.357. The molecule has 0 saturated heterocycles. The van der Waals surface area contributed by atoms with Crippen LogP contribution in [0.5, 0.6) is 0 Å². The van der Waals surface area contributed by atoms with E-state index in [-0.39, 0.29) is 5.41 Å². The van der Waals surface area contributed by atoms with Crippen molar-refractivity contribution in [2.24, 2.45) is 5.41 Å². The summed E-state index contributed by atoms with van der Waals surface area (Å²) in [5.41, 5.74) is -0.344. The van der Waals surface area contributed by atoms with Gasteiger partial charge in [0.15, 0.2) is 0 Å². The predicted molar refractivity (Wildman–Crippen MR) is 77.9 cm³/mol. The summed E-state index contributed by atoms with van der Waals surface area (Å²) in [5, 5.41) is 14.2. The number of thiophene rings is 1. The van der Waals surface area contributed by atoms with Gasteiger partial charge in [-0.1, -0.05) is 29.8 Å². The topological polar surface area (TPSA) is 35.8 Å². The molecule has 18 heavy (non-hydrogen) atoms. The summed E-state index contributed by atoms with van der Waals surface area (Å²) in [4.78, 5) is 1.13. The van der Waals surface area contributed by atoms with E-state index in [1.165, 1.54) is 4.70 Å². The van der Waals surface area contributed by atoms with E-state index in [1.807, 2.05) is 32.0 Å². The van der Waals surface area contributed by atoms with Crippen molar-refractivity contribution < 1.29 is 0 Å². The average molecular weight is 279 g/mol. The molecule has 0 aliphatic rings. The Kier molecular flexibility index (Phi) is 3.91. The van der Waals surface area contributed by atoms with Crippen LogP contribution in [0.25, 0.3) is 10.1 Å². The van der Waals surface area contributed by atoms with Crippen LogP contribution in [0.3, 0.4) is 0 Å². The van der Waals surface area contributed by atoms with Crippen molar-refractivity contribution in [3.63, 3.8) is 0 Å². The van der Waals surface area contributed by atoms with E-state index in [1.54, 1.807) is 11.3 Å². The van der Waals surface area contributed by atoms with Gasteiger partial charge in [0.25, 0.3) is 0 Å². The van der Waals surface area contributed by atoms with Crippen LogP contribution >= 0.6 is 22.9 Å². The largest absolute Gasteiger partial charge is 0.310 e. The summed E-state index contributed by atoms with van der Waals surface area (Å²) in [6.45, 7) is 5.22. The van der Waals surface area contributed by atoms with Crippen molar-refractivity contribution in [2.45, 2.75) is 20.4 Å². The number of hydrogen-bond acceptors (Lipinski definition) is 3. The summed E-state index contributed by atoms with van der Waals surface area (Å²) >= 11 is 8.05. The van der Waals surface area contributed by atoms with Gasteiger partial charge in [-0.15, -0.1) is 11.3 Å². The third-order valence-corrected chi connectivity index (χ3v) is 4.47. The number of benzene rings is 1. The van der Waals surface area contributed by atoms with Crippen LogP contribution in [0.15, 0.2) is 24.3 Å². The molecule has 1 aromatic carbocycles. The smallest absolute Gasteiger partial charge is 0.0697 e. The van der Waals surface area contributed by atoms with Crippen LogP contribution in [-0.4, -0.2) is 6.54 Å². The average Bonchev–Trinajstić information content (AvgIpc) is 2.67. The summed E-state index contributed by atoms with van der Waals surface area (Å²) < 4.78 is 1.21. The quantitative estimate of drug-likeness (QED) is 0.910. The first-order valence-electron chi connectivity index (χ1n) is 5.81. The van der Waals surface area contributed by atoms with Gasteiger partial charge < -0.3 is 5.32 Å². The highest BCUT2D eigenvalue weighted by atomic mass is 35.5. The number of nitriles is 1. The molecule has 94 valence electrons. The number of nitrogens with zero attached hydrogens (tertiary/aromatic N) is 1. The van der Waals surface area contributed by atoms with Gasteiger partial charge in [0.1, 0.15) is 0 Å². The number of hydrogen-bond donors (Lipinski definition) is 1. The molecule has 1 heterocycles. The fourth-order valence-electron chi connectivity index (χ4n) is 1.71. The van der Waals surface area contributed by atoms with Gasteiger partial charge in [0, 0.05) is 28.1 Å². The van der Waals surface area contributed by atoms with Gasteiger partial charge in [0.2, 0.25) is 0 Å². The molecule has 0 radical (unpaired) electrons. The Bertz CT molecular complexity index is 595. The minimum atomic E-state index is -0.344. The van der Waals surface area contributed by atoms with Crippen LogP contribution < -0.4 is 5.32 Å². The zero-order valence-electron chi connectivity index (χ0n) is 10.5. The molecular formula is C14H15ClN2S. The first-order chi connectivity index (χ1) is 8.53. The summed E-state index contributed by atoms with van der Waals surface area (Å²) in [7, 11) is 0. The zero-order valence-corrected chi connectivity index (χ0v) is 12.0. The third-order valence-electron chi connectivity index (χ3n) is 2.76. The maximum absolute atomic E-state index is 8.95. The van der Waals surface area contributed by atoms with E-state index in [4.69, 9.17) is 16.9 Å². The Hall–Kier alpha value is -1.08. The molecule has 0 aliphatic carbocycles. The van der Waals surface area contributed by atoms with Gasteiger partial charge in [-0.05, 0) is 19.9 Å². The second-order valence-corrected chi connectivity index (χ2v) is 6.45. The van der Waals surface area contributed by atoms with Crippen molar-refractivity contribution in [2.75, 3.05) is 6.54 Å². The second-order valence-electron chi connectivity index (χ2n) is 4.93. The van der Waals surface area contributed by atoms with Gasteiger partial charge in [-0.25, -0.2) is 0 Å². The van der Waals surface area contributed by atoms with Crippen molar-refractivity contribution >= 4 is 33.0 Å². The maximum Gasteiger partial charge on any atom is 0.0697 e. The van der Waals surface area contributed by atoms with Crippen molar-refractivity contribution in [3.8, 4) is 6.07 Å². The van der Waals surface area contributed by atoms with E-state index in [0.29, 0.717) is 13.1 Å². The molecule has 1 aromatic heterocycles. The summed E-state index contributed by atoms with van der Waals surface area (Å²) in [6.07, 6.45) is 0. The lowest BCUT2D eigenvalue weighted by Gasteiger charge is -2.15. The van der Waals surface area contributed by atoms with Crippen LogP contribution in [0.2, 0.25) is 5.02 Å². The molecule has 0 atom stereocenters. The first kappa shape index (κ1) is 13.4. The Balaban J connectivity index is 2.09. The maximum atomic E-state index is 8.95. The first-order valence-corrected chi connectivity index (χ1v) is 7.01. The van der Waals surface area contributed by atoms with E-state index in [0.717, 1.165) is 15.3 Å². The van der Waals surface area contributed by atoms with Gasteiger partial charge in [0.05, 0.1) is 16.5 Å². The van der Waals surface area contributed by atoms with Crippen molar-refractivity contribution in [3.05, 3.63) is 34.2 Å². The number of halogens is 1. The highest BCUT2D eigenvalue weighted by molar-refractivity contribution is 7.19. The molecule has 2 nitrogen and oxygen atoms in total. The minimum Gasteiger partial charge on any atom is -0.310 e. The van der Waals surface area contributed by atoms with E-state index >= 15 is 0 Å². The molecule has 0 unspecified atom stereocenters. The summed E-state index contributed by atoms with van der Waals surface area (Å²) in [6, 6.07) is 10.4. The standard InChI is InChI=1S/C14H15ClN2S/c1-14(2,8-16)9-17-7-12-13(15)10-5-3-4-6-11(10)18-12/h3-6,17H,7,9H2,1-2H3. The Morgan fingerprint density at radius 3 is 2.78 bits per heavy atom. The number of rotatable bonds is 4. The Morgan fingerprint density at radius 2 is 2.11 bits per heavy atom. The Labute approximate surface area is 116 Å². The third kappa shape index (κ3) is 2.84. The normalized spacial score (nSPS) is 11.7. The lowest BCUT2D eigenvalue weighted by molar-refractivity contribution is 0.446. The van der Waals surface area contributed by atoms with E-state index in [9.17, 15) is 0 Å². The molecule has 0 spiro atoms. The van der Waals surface area contributed by atoms with Gasteiger partial charge in [-0.3, -0.25) is 0 Å². The van der Waals surface area contributed by atoms with E-state index in [2.05, 4.69) is 17.5 Å². The van der Waals surface area contributed by atoms with Crippen LogP contribution in [0, 0.1) is 16.7 Å². The van der Waals surface area contributed by atoms with Crippen molar-refractivity contribution in [1.82, 2.24) is 5.32 Å². The molecule has 1 N–H and O–H groups in total. The number of fused-ring (bicyclic) bond motifs is 1. The molecule has 0 aliphatic heterocycles. The Morgan fingerprint density at radius 1 is 1.39 bits per heavy atom. The highest BCUT2D eigenvalue weighted by Gasteiger charge is 2.16. The molecule has 2 rings (SSSR count). The van der Waals surface area contributed by atoms with Gasteiger partial charge in [-0.2, -0.15) is 5.26 Å². The molecule has 0 amide bonds. The van der Waals surface area contributed by atoms with Crippen LogP contribution in [0.1, 0.15) is 18.7 Å².